The number of hydrogen-bond acceptors (Lipinski definition) is 6. The standard InChI is InChI=1S/C21H23N3O3S/c1-23(2)10-5-11-24(21-22-16-6-3-4-7-19(16)28-21)20(25)13-15-8-9-17-18(12-15)27-14-26-17/h3-4,6-9,12H,5,10-11,13-14H2,1-2H3. The quantitative estimate of drug-likeness (QED) is 0.610. The highest BCUT2D eigenvalue weighted by atomic mass is 32.1. The van der Waals surface area contributed by atoms with Crippen molar-refractivity contribution in [3.05, 3.63) is 48.0 Å². The van der Waals surface area contributed by atoms with Crippen LogP contribution in [0.15, 0.2) is 42.5 Å². The number of para-hydroxylation sites is 1. The van der Waals surface area contributed by atoms with Crippen molar-refractivity contribution in [3.63, 3.8) is 0 Å². The second kappa shape index (κ2) is 8.16. The fourth-order valence-electron chi connectivity index (χ4n) is 3.17. The summed E-state index contributed by atoms with van der Waals surface area (Å²) in [4.78, 5) is 21.8. The maximum Gasteiger partial charge on any atom is 0.233 e. The van der Waals surface area contributed by atoms with E-state index in [2.05, 4.69) is 4.90 Å². The van der Waals surface area contributed by atoms with E-state index in [0.717, 1.165) is 39.6 Å². The van der Waals surface area contributed by atoms with Crippen molar-refractivity contribution in [2.24, 2.45) is 0 Å². The van der Waals surface area contributed by atoms with Crippen LogP contribution >= 0.6 is 11.3 Å². The molecule has 1 amide bonds. The third kappa shape index (κ3) is 4.10. The summed E-state index contributed by atoms with van der Waals surface area (Å²) in [5, 5.41) is 0.755. The van der Waals surface area contributed by atoms with Gasteiger partial charge in [-0.25, -0.2) is 4.98 Å². The van der Waals surface area contributed by atoms with E-state index in [0.29, 0.717) is 18.7 Å². The molecule has 0 spiro atoms. The molecular weight excluding hydrogens is 374 g/mol. The molecule has 146 valence electrons. The van der Waals surface area contributed by atoms with Crippen LogP contribution in [-0.2, 0) is 11.2 Å². The first-order chi connectivity index (χ1) is 13.6. The average Bonchev–Trinajstić information content (AvgIpc) is 3.30. The van der Waals surface area contributed by atoms with Gasteiger partial charge in [0, 0.05) is 6.54 Å². The van der Waals surface area contributed by atoms with Crippen molar-refractivity contribution in [3.8, 4) is 11.5 Å². The topological polar surface area (TPSA) is 54.9 Å². The predicted molar refractivity (Wildman–Crippen MR) is 111 cm³/mol. The van der Waals surface area contributed by atoms with Crippen LogP contribution in [0.5, 0.6) is 11.5 Å². The number of fused-ring (bicyclic) bond motifs is 2. The van der Waals surface area contributed by atoms with E-state index in [9.17, 15) is 4.79 Å². The van der Waals surface area contributed by atoms with Crippen LogP contribution in [0.25, 0.3) is 10.2 Å². The van der Waals surface area contributed by atoms with Crippen LogP contribution < -0.4 is 14.4 Å². The van der Waals surface area contributed by atoms with Gasteiger partial charge in [0.2, 0.25) is 12.7 Å². The molecule has 0 fully saturated rings. The van der Waals surface area contributed by atoms with Gasteiger partial charge in [-0.3, -0.25) is 9.69 Å². The predicted octanol–water partition coefficient (Wildman–Crippen LogP) is 3.55. The molecule has 28 heavy (non-hydrogen) atoms. The number of aromatic nitrogens is 1. The van der Waals surface area contributed by atoms with Gasteiger partial charge in [-0.1, -0.05) is 29.5 Å². The van der Waals surface area contributed by atoms with Crippen molar-refractivity contribution >= 4 is 32.6 Å². The number of anilines is 1. The number of ether oxygens (including phenoxy) is 2. The first-order valence-electron chi connectivity index (χ1n) is 9.29. The molecule has 0 aliphatic carbocycles. The Morgan fingerprint density at radius 1 is 1.11 bits per heavy atom. The Morgan fingerprint density at radius 2 is 1.93 bits per heavy atom. The number of carbonyl (C=O) groups excluding carboxylic acids is 1. The number of hydrogen-bond donors (Lipinski definition) is 0. The Balaban J connectivity index is 1.55. The van der Waals surface area contributed by atoms with Crippen molar-refractivity contribution in [1.29, 1.82) is 0 Å². The number of thiazole rings is 1. The summed E-state index contributed by atoms with van der Waals surface area (Å²) in [6, 6.07) is 13.6. The van der Waals surface area contributed by atoms with Crippen molar-refractivity contribution < 1.29 is 14.3 Å². The highest BCUT2D eigenvalue weighted by Crippen LogP contribution is 2.33. The third-order valence-corrected chi connectivity index (χ3v) is 5.65. The van der Waals surface area contributed by atoms with Gasteiger partial charge in [0.1, 0.15) is 0 Å². The molecule has 0 atom stereocenters. The number of carbonyl (C=O) groups is 1. The normalized spacial score (nSPS) is 12.7. The second-order valence-corrected chi connectivity index (χ2v) is 8.04. The molecule has 0 unspecified atom stereocenters. The molecule has 0 saturated heterocycles. The molecule has 4 rings (SSSR count). The third-order valence-electron chi connectivity index (χ3n) is 4.59. The Bertz CT molecular complexity index is 953. The summed E-state index contributed by atoms with van der Waals surface area (Å²) in [7, 11) is 4.08. The molecule has 2 heterocycles. The minimum Gasteiger partial charge on any atom is -0.454 e. The SMILES string of the molecule is CN(C)CCCN(C(=O)Cc1ccc2c(c1)OCO2)c1nc2ccccc2s1. The summed E-state index contributed by atoms with van der Waals surface area (Å²) in [5.74, 6) is 1.46. The van der Waals surface area contributed by atoms with Crippen LogP contribution in [0, 0.1) is 0 Å². The van der Waals surface area contributed by atoms with Crippen molar-refractivity contribution in [1.82, 2.24) is 9.88 Å². The van der Waals surface area contributed by atoms with Crippen LogP contribution in [0.4, 0.5) is 5.13 Å². The molecule has 1 aliphatic rings. The van der Waals surface area contributed by atoms with Crippen LogP contribution in [-0.4, -0.2) is 49.8 Å². The highest BCUT2D eigenvalue weighted by Gasteiger charge is 2.21. The van der Waals surface area contributed by atoms with Gasteiger partial charge in [-0.15, -0.1) is 0 Å². The van der Waals surface area contributed by atoms with Gasteiger partial charge in [0.05, 0.1) is 16.6 Å². The van der Waals surface area contributed by atoms with E-state index >= 15 is 0 Å². The minimum atomic E-state index is 0.0386. The van der Waals surface area contributed by atoms with Gasteiger partial charge >= 0.3 is 0 Å². The van der Waals surface area contributed by atoms with Gasteiger partial charge < -0.3 is 14.4 Å². The minimum absolute atomic E-state index is 0.0386. The monoisotopic (exact) mass is 397 g/mol. The van der Waals surface area contributed by atoms with Crippen LogP contribution in [0.3, 0.4) is 0 Å². The molecule has 7 heteroatoms. The maximum absolute atomic E-state index is 13.2. The summed E-state index contributed by atoms with van der Waals surface area (Å²) in [6.45, 7) is 1.79. The van der Waals surface area contributed by atoms with Crippen molar-refractivity contribution in [2.75, 3.05) is 38.9 Å². The first kappa shape index (κ1) is 18.7. The Kier molecular flexibility index (Phi) is 5.45. The highest BCUT2D eigenvalue weighted by molar-refractivity contribution is 7.22. The largest absolute Gasteiger partial charge is 0.454 e. The van der Waals surface area contributed by atoms with E-state index in [-0.39, 0.29) is 12.7 Å². The molecule has 3 aromatic rings. The summed E-state index contributed by atoms with van der Waals surface area (Å²) in [6.07, 6.45) is 1.18. The van der Waals surface area contributed by atoms with Crippen molar-refractivity contribution in [2.45, 2.75) is 12.8 Å². The van der Waals surface area contributed by atoms with Crippen LogP contribution in [0.1, 0.15) is 12.0 Å². The van der Waals surface area contributed by atoms with E-state index in [1.807, 2.05) is 61.5 Å². The second-order valence-electron chi connectivity index (χ2n) is 7.03. The molecule has 0 radical (unpaired) electrons. The Hall–Kier alpha value is -2.64. The number of benzene rings is 2. The smallest absolute Gasteiger partial charge is 0.233 e. The zero-order chi connectivity index (χ0) is 19.5. The molecule has 1 aromatic heterocycles. The zero-order valence-electron chi connectivity index (χ0n) is 16.1. The first-order valence-corrected chi connectivity index (χ1v) is 10.1. The number of nitrogens with zero attached hydrogens (tertiary/aromatic N) is 3. The lowest BCUT2D eigenvalue weighted by atomic mass is 10.1. The fourth-order valence-corrected chi connectivity index (χ4v) is 4.18. The molecule has 1 aliphatic heterocycles. The lowest BCUT2D eigenvalue weighted by molar-refractivity contribution is -0.118. The average molecular weight is 398 g/mol. The van der Waals surface area contributed by atoms with Gasteiger partial charge in [-0.05, 0) is 56.9 Å². The molecule has 6 nitrogen and oxygen atoms in total. The number of amides is 1. The lowest BCUT2D eigenvalue weighted by Crippen LogP contribution is -2.34. The maximum atomic E-state index is 13.2. The van der Waals surface area contributed by atoms with Gasteiger partial charge in [0.25, 0.3) is 0 Å². The Morgan fingerprint density at radius 3 is 2.75 bits per heavy atom. The molecule has 0 N–H and O–H groups in total. The van der Waals surface area contributed by atoms with E-state index in [1.54, 1.807) is 11.3 Å². The molecule has 2 aromatic carbocycles. The number of rotatable bonds is 7. The summed E-state index contributed by atoms with van der Waals surface area (Å²) in [5.41, 5.74) is 1.84. The summed E-state index contributed by atoms with van der Waals surface area (Å²) < 4.78 is 11.9. The van der Waals surface area contributed by atoms with E-state index in [1.165, 1.54) is 0 Å². The fraction of sp³-hybridized carbons (Fsp3) is 0.333. The lowest BCUT2D eigenvalue weighted by Gasteiger charge is -2.21. The van der Waals surface area contributed by atoms with Gasteiger partial charge in [-0.2, -0.15) is 0 Å². The van der Waals surface area contributed by atoms with Crippen LogP contribution in [0.2, 0.25) is 0 Å². The summed E-state index contributed by atoms with van der Waals surface area (Å²) >= 11 is 1.56. The molecule has 0 saturated carbocycles. The Labute approximate surface area is 168 Å². The van der Waals surface area contributed by atoms with Gasteiger partial charge in [0.15, 0.2) is 16.6 Å². The van der Waals surface area contributed by atoms with E-state index in [4.69, 9.17) is 14.5 Å². The zero-order valence-corrected chi connectivity index (χ0v) is 16.9. The molecular formula is C21H23N3O3S. The molecule has 0 bridgehead atoms. The van der Waals surface area contributed by atoms with E-state index < -0.39 is 0 Å².